The summed E-state index contributed by atoms with van der Waals surface area (Å²) >= 11 is 0. The van der Waals surface area contributed by atoms with E-state index in [2.05, 4.69) is 0 Å². The van der Waals surface area contributed by atoms with Gasteiger partial charge in [-0.15, -0.1) is 0 Å². The summed E-state index contributed by atoms with van der Waals surface area (Å²) in [6.07, 6.45) is 0. The third-order valence-electron chi connectivity index (χ3n) is 3.14. The molecule has 0 aromatic heterocycles. The van der Waals surface area contributed by atoms with Crippen LogP contribution in [0.1, 0.15) is 31.0 Å². The van der Waals surface area contributed by atoms with Crippen molar-refractivity contribution in [1.82, 2.24) is 0 Å². The zero-order chi connectivity index (χ0) is 15.4. The topological polar surface area (TPSA) is 44.5 Å². The van der Waals surface area contributed by atoms with E-state index in [1.807, 2.05) is 31.2 Å². The minimum Gasteiger partial charge on any atom is -0.494 e. The number of benzene rings is 2. The molecule has 0 unspecified atom stereocenters. The lowest BCUT2D eigenvalue weighted by molar-refractivity contribution is 0.339. The van der Waals surface area contributed by atoms with Crippen LogP contribution < -0.4 is 15.2 Å². The molecule has 0 amide bonds. The number of rotatable bonds is 5. The fraction of sp³-hybridized carbons (Fsp3) is 0.294. The fourth-order valence-electron chi connectivity index (χ4n) is 2.01. The van der Waals surface area contributed by atoms with Gasteiger partial charge < -0.3 is 15.2 Å². The maximum Gasteiger partial charge on any atom is 0.132 e. The Hall–Kier alpha value is -2.07. The molecular weight excluding hydrogens is 269 g/mol. The number of hydrogen-bond donors (Lipinski definition) is 1. The summed E-state index contributed by atoms with van der Waals surface area (Å²) in [5.74, 6) is 1.74. The van der Waals surface area contributed by atoms with Crippen molar-refractivity contribution in [3.05, 3.63) is 53.3 Å². The van der Waals surface area contributed by atoms with E-state index in [1.165, 1.54) is 6.07 Å². The Bertz CT molecular complexity index is 609. The lowest BCUT2D eigenvalue weighted by Crippen LogP contribution is -2.08. The zero-order valence-corrected chi connectivity index (χ0v) is 12.5. The monoisotopic (exact) mass is 289 g/mol. The molecule has 112 valence electrons. The smallest absolute Gasteiger partial charge is 0.132 e. The Morgan fingerprint density at radius 3 is 2.33 bits per heavy atom. The van der Waals surface area contributed by atoms with Gasteiger partial charge in [-0.2, -0.15) is 0 Å². The van der Waals surface area contributed by atoms with Crippen LogP contribution in [0, 0.1) is 12.7 Å². The zero-order valence-electron chi connectivity index (χ0n) is 12.5. The van der Waals surface area contributed by atoms with E-state index in [0.29, 0.717) is 29.2 Å². The first-order valence-corrected chi connectivity index (χ1v) is 6.97. The standard InChI is InChI=1S/C17H20FNO2/c1-4-20-13-5-7-14(8-6-13)21-17-9-11(2)16(18)10-15(17)12(3)19/h5-10,12H,4,19H2,1-3H3/t12-/m1/s1. The highest BCUT2D eigenvalue weighted by Gasteiger charge is 2.13. The molecule has 2 N–H and O–H groups in total. The second-order valence-corrected chi connectivity index (χ2v) is 4.93. The van der Waals surface area contributed by atoms with Gasteiger partial charge in [0.2, 0.25) is 0 Å². The van der Waals surface area contributed by atoms with Crippen molar-refractivity contribution < 1.29 is 13.9 Å². The van der Waals surface area contributed by atoms with Gasteiger partial charge in [-0.05, 0) is 62.7 Å². The molecule has 0 radical (unpaired) electrons. The Kier molecular flexibility index (Phi) is 4.81. The van der Waals surface area contributed by atoms with Gasteiger partial charge >= 0.3 is 0 Å². The Balaban J connectivity index is 2.28. The molecule has 0 aliphatic rings. The molecule has 0 heterocycles. The molecule has 2 rings (SSSR count). The predicted octanol–water partition coefficient (Wildman–Crippen LogP) is 4.34. The summed E-state index contributed by atoms with van der Waals surface area (Å²) < 4.78 is 24.9. The van der Waals surface area contributed by atoms with E-state index in [1.54, 1.807) is 19.9 Å². The summed E-state index contributed by atoms with van der Waals surface area (Å²) in [5.41, 5.74) is 7.06. The fourth-order valence-corrected chi connectivity index (χ4v) is 2.01. The summed E-state index contributed by atoms with van der Waals surface area (Å²) in [6.45, 7) is 6.05. The molecule has 0 aliphatic carbocycles. The number of ether oxygens (including phenoxy) is 2. The van der Waals surface area contributed by atoms with Gasteiger partial charge in [0.15, 0.2) is 0 Å². The Morgan fingerprint density at radius 2 is 1.76 bits per heavy atom. The molecule has 2 aromatic carbocycles. The number of halogens is 1. The maximum atomic E-state index is 13.7. The normalized spacial score (nSPS) is 12.0. The highest BCUT2D eigenvalue weighted by atomic mass is 19.1. The lowest BCUT2D eigenvalue weighted by atomic mass is 10.1. The van der Waals surface area contributed by atoms with Crippen LogP contribution in [0.5, 0.6) is 17.2 Å². The molecule has 0 saturated heterocycles. The average Bonchev–Trinajstić information content (AvgIpc) is 2.44. The first kappa shape index (κ1) is 15.3. The third-order valence-corrected chi connectivity index (χ3v) is 3.14. The maximum absolute atomic E-state index is 13.7. The summed E-state index contributed by atoms with van der Waals surface area (Å²) in [4.78, 5) is 0. The van der Waals surface area contributed by atoms with E-state index in [0.717, 1.165) is 5.75 Å². The molecule has 3 nitrogen and oxygen atoms in total. The largest absolute Gasteiger partial charge is 0.494 e. The van der Waals surface area contributed by atoms with E-state index in [9.17, 15) is 4.39 Å². The van der Waals surface area contributed by atoms with Crippen LogP contribution in [-0.4, -0.2) is 6.61 Å². The molecule has 0 fully saturated rings. The van der Waals surface area contributed by atoms with E-state index in [4.69, 9.17) is 15.2 Å². The molecule has 21 heavy (non-hydrogen) atoms. The van der Waals surface area contributed by atoms with Crippen LogP contribution in [0.2, 0.25) is 0 Å². The van der Waals surface area contributed by atoms with Crippen LogP contribution in [0.3, 0.4) is 0 Å². The van der Waals surface area contributed by atoms with Gasteiger partial charge in [-0.25, -0.2) is 4.39 Å². The van der Waals surface area contributed by atoms with Gasteiger partial charge in [-0.1, -0.05) is 0 Å². The molecule has 0 aliphatic heterocycles. The predicted molar refractivity (Wildman–Crippen MR) is 81.4 cm³/mol. The van der Waals surface area contributed by atoms with Crippen LogP contribution in [0.15, 0.2) is 36.4 Å². The van der Waals surface area contributed by atoms with Crippen LogP contribution in [0.25, 0.3) is 0 Å². The molecular formula is C17H20FNO2. The van der Waals surface area contributed by atoms with Crippen molar-refractivity contribution in [2.45, 2.75) is 26.8 Å². The average molecular weight is 289 g/mol. The van der Waals surface area contributed by atoms with E-state index < -0.39 is 0 Å². The van der Waals surface area contributed by atoms with Gasteiger partial charge in [0, 0.05) is 11.6 Å². The van der Waals surface area contributed by atoms with Gasteiger partial charge in [0.1, 0.15) is 23.1 Å². The number of hydrogen-bond acceptors (Lipinski definition) is 3. The SMILES string of the molecule is CCOc1ccc(Oc2cc(C)c(F)cc2[C@@H](C)N)cc1. The van der Waals surface area contributed by atoms with Crippen molar-refractivity contribution in [3.63, 3.8) is 0 Å². The quantitative estimate of drug-likeness (QED) is 0.890. The Morgan fingerprint density at radius 1 is 1.14 bits per heavy atom. The summed E-state index contributed by atoms with van der Waals surface area (Å²) in [7, 11) is 0. The first-order valence-electron chi connectivity index (χ1n) is 6.97. The minimum absolute atomic E-state index is 0.277. The Labute approximate surface area is 124 Å². The van der Waals surface area contributed by atoms with Gasteiger partial charge in [-0.3, -0.25) is 0 Å². The lowest BCUT2D eigenvalue weighted by Gasteiger charge is -2.15. The van der Waals surface area contributed by atoms with Gasteiger partial charge in [0.05, 0.1) is 6.61 Å². The molecule has 0 saturated carbocycles. The van der Waals surface area contributed by atoms with Crippen molar-refractivity contribution in [3.8, 4) is 17.2 Å². The van der Waals surface area contributed by atoms with Crippen molar-refractivity contribution in [2.75, 3.05) is 6.61 Å². The van der Waals surface area contributed by atoms with Crippen LogP contribution >= 0.6 is 0 Å². The van der Waals surface area contributed by atoms with Crippen molar-refractivity contribution in [2.24, 2.45) is 5.73 Å². The molecule has 2 aromatic rings. The summed E-state index contributed by atoms with van der Waals surface area (Å²) in [6, 6.07) is 10.1. The molecule has 1 atom stereocenters. The molecule has 0 spiro atoms. The van der Waals surface area contributed by atoms with Crippen molar-refractivity contribution in [1.29, 1.82) is 0 Å². The first-order chi connectivity index (χ1) is 10.0. The molecule has 4 heteroatoms. The van der Waals surface area contributed by atoms with E-state index >= 15 is 0 Å². The van der Waals surface area contributed by atoms with Crippen LogP contribution in [0.4, 0.5) is 4.39 Å². The minimum atomic E-state index is -0.308. The van der Waals surface area contributed by atoms with E-state index in [-0.39, 0.29) is 11.9 Å². The third kappa shape index (κ3) is 3.73. The van der Waals surface area contributed by atoms with Crippen LogP contribution in [-0.2, 0) is 0 Å². The second kappa shape index (κ2) is 6.59. The number of aryl methyl sites for hydroxylation is 1. The highest BCUT2D eigenvalue weighted by molar-refractivity contribution is 5.43. The summed E-state index contributed by atoms with van der Waals surface area (Å²) in [5, 5.41) is 0. The van der Waals surface area contributed by atoms with Gasteiger partial charge in [0.25, 0.3) is 0 Å². The number of nitrogens with two attached hydrogens (primary N) is 1. The van der Waals surface area contributed by atoms with Crippen molar-refractivity contribution >= 4 is 0 Å². The second-order valence-electron chi connectivity index (χ2n) is 4.93. The molecule has 0 bridgehead atoms. The highest BCUT2D eigenvalue weighted by Crippen LogP contribution is 2.31.